The Kier molecular flexibility index (Phi) is 5.76. The molecule has 6 heteroatoms. The topological polar surface area (TPSA) is 45.7 Å². The van der Waals surface area contributed by atoms with Crippen molar-refractivity contribution in [2.45, 2.75) is 50.7 Å². The van der Waals surface area contributed by atoms with Crippen molar-refractivity contribution in [2.24, 2.45) is 16.3 Å². The number of thiophene rings is 1. The summed E-state index contributed by atoms with van der Waals surface area (Å²) in [4.78, 5) is 4.46. The number of nitrogens with one attached hydrogen (secondary N) is 2. The SMILES string of the molecule is CN=C(NCC(C)c1ccsc1)NC1C2CCOC2C12CCC2.I. The van der Waals surface area contributed by atoms with Crippen LogP contribution in [-0.4, -0.2) is 38.3 Å². The number of halogens is 1. The lowest BCUT2D eigenvalue weighted by Crippen LogP contribution is -2.72. The van der Waals surface area contributed by atoms with E-state index in [0.717, 1.165) is 19.1 Å². The van der Waals surface area contributed by atoms with Gasteiger partial charge in [0, 0.05) is 37.6 Å². The predicted molar refractivity (Wildman–Crippen MR) is 111 cm³/mol. The first-order chi connectivity index (χ1) is 11.2. The van der Waals surface area contributed by atoms with Gasteiger partial charge in [-0.05, 0) is 47.6 Å². The third-order valence-electron chi connectivity index (χ3n) is 6.24. The van der Waals surface area contributed by atoms with Gasteiger partial charge in [0.2, 0.25) is 0 Å². The van der Waals surface area contributed by atoms with Crippen LogP contribution in [0.5, 0.6) is 0 Å². The summed E-state index contributed by atoms with van der Waals surface area (Å²) in [6, 6.07) is 2.76. The highest BCUT2D eigenvalue weighted by Gasteiger charge is 2.66. The Labute approximate surface area is 165 Å². The quantitative estimate of drug-likeness (QED) is 0.409. The van der Waals surface area contributed by atoms with Gasteiger partial charge in [-0.15, -0.1) is 24.0 Å². The monoisotopic (exact) mass is 461 g/mol. The highest BCUT2D eigenvalue weighted by molar-refractivity contribution is 14.0. The summed E-state index contributed by atoms with van der Waals surface area (Å²) in [6.45, 7) is 4.12. The van der Waals surface area contributed by atoms with Crippen molar-refractivity contribution in [1.29, 1.82) is 0 Å². The van der Waals surface area contributed by atoms with Crippen LogP contribution in [0, 0.1) is 11.3 Å². The summed E-state index contributed by atoms with van der Waals surface area (Å²) in [5.41, 5.74) is 1.80. The molecule has 3 fully saturated rings. The average molecular weight is 461 g/mol. The van der Waals surface area contributed by atoms with E-state index in [9.17, 15) is 0 Å². The van der Waals surface area contributed by atoms with Gasteiger partial charge in [-0.25, -0.2) is 0 Å². The number of fused-ring (bicyclic) bond motifs is 2. The molecule has 134 valence electrons. The Bertz CT molecular complexity index is 573. The minimum absolute atomic E-state index is 0. The summed E-state index contributed by atoms with van der Waals surface area (Å²) in [5, 5.41) is 11.6. The molecule has 0 bridgehead atoms. The average Bonchev–Trinajstić information content (AvgIpc) is 3.16. The Morgan fingerprint density at radius 3 is 2.96 bits per heavy atom. The molecule has 4 nitrogen and oxygen atoms in total. The van der Waals surface area contributed by atoms with Gasteiger partial charge < -0.3 is 15.4 Å². The van der Waals surface area contributed by atoms with E-state index < -0.39 is 0 Å². The van der Waals surface area contributed by atoms with Crippen LogP contribution < -0.4 is 10.6 Å². The van der Waals surface area contributed by atoms with Crippen molar-refractivity contribution < 1.29 is 4.74 Å². The van der Waals surface area contributed by atoms with Gasteiger partial charge in [0.1, 0.15) is 0 Å². The Morgan fingerprint density at radius 2 is 2.33 bits per heavy atom. The molecule has 4 atom stereocenters. The molecular formula is C18H28IN3OS. The molecule has 2 N–H and O–H groups in total. The molecule has 3 aliphatic rings. The summed E-state index contributed by atoms with van der Waals surface area (Å²) >= 11 is 1.76. The van der Waals surface area contributed by atoms with Crippen LogP contribution in [0.2, 0.25) is 0 Å². The lowest BCUT2D eigenvalue weighted by atomic mass is 9.46. The van der Waals surface area contributed by atoms with Crippen molar-refractivity contribution in [3.8, 4) is 0 Å². The van der Waals surface area contributed by atoms with Gasteiger partial charge in [0.25, 0.3) is 0 Å². The maximum absolute atomic E-state index is 6.00. The van der Waals surface area contributed by atoms with E-state index >= 15 is 0 Å². The standard InChI is InChI=1S/C18H27N3OS.HI/c1-12(13-5-9-23-11-13)10-20-17(19-2)21-15-14-4-8-22-16(14)18(15)6-3-7-18;/h5,9,11-12,14-16H,3-4,6-8,10H2,1-2H3,(H2,19,20,21);1H. The van der Waals surface area contributed by atoms with E-state index in [1.165, 1.54) is 31.2 Å². The van der Waals surface area contributed by atoms with Gasteiger partial charge in [-0.1, -0.05) is 13.3 Å². The molecule has 0 aromatic carbocycles. The number of guanidine groups is 1. The molecule has 2 aliphatic carbocycles. The highest BCUT2D eigenvalue weighted by Crippen LogP contribution is 2.62. The van der Waals surface area contributed by atoms with E-state index in [1.807, 2.05) is 7.05 Å². The third-order valence-corrected chi connectivity index (χ3v) is 6.94. The van der Waals surface area contributed by atoms with Crippen molar-refractivity contribution in [2.75, 3.05) is 20.2 Å². The lowest BCUT2D eigenvalue weighted by molar-refractivity contribution is -0.171. The Balaban J connectivity index is 0.00000169. The van der Waals surface area contributed by atoms with E-state index in [0.29, 0.717) is 29.4 Å². The molecule has 1 aromatic heterocycles. The first-order valence-corrected chi connectivity index (χ1v) is 9.80. The molecule has 4 unspecified atom stereocenters. The Morgan fingerprint density at radius 1 is 1.50 bits per heavy atom. The van der Waals surface area contributed by atoms with E-state index in [4.69, 9.17) is 4.74 Å². The summed E-state index contributed by atoms with van der Waals surface area (Å²) in [6.07, 6.45) is 5.69. The van der Waals surface area contributed by atoms with Crippen molar-refractivity contribution in [3.05, 3.63) is 22.4 Å². The molecule has 2 heterocycles. The fraction of sp³-hybridized carbons (Fsp3) is 0.722. The van der Waals surface area contributed by atoms with Gasteiger partial charge in [0.15, 0.2) is 5.96 Å². The van der Waals surface area contributed by atoms with Crippen LogP contribution in [-0.2, 0) is 4.74 Å². The summed E-state index contributed by atoms with van der Waals surface area (Å²) in [7, 11) is 1.87. The number of ether oxygens (including phenoxy) is 1. The molecule has 0 amide bonds. The first-order valence-electron chi connectivity index (χ1n) is 8.85. The number of nitrogens with zero attached hydrogens (tertiary/aromatic N) is 1. The number of hydrogen-bond donors (Lipinski definition) is 2. The first kappa shape index (κ1) is 18.5. The zero-order valence-corrected chi connectivity index (χ0v) is 17.6. The van der Waals surface area contributed by atoms with Gasteiger partial charge in [-0.2, -0.15) is 11.3 Å². The summed E-state index contributed by atoms with van der Waals surface area (Å²) in [5.74, 6) is 2.14. The molecule has 1 saturated heterocycles. The molecule has 1 spiro atoms. The third kappa shape index (κ3) is 2.98. The smallest absolute Gasteiger partial charge is 0.191 e. The second-order valence-electron chi connectivity index (χ2n) is 7.36. The largest absolute Gasteiger partial charge is 0.377 e. The predicted octanol–water partition coefficient (Wildman–Crippen LogP) is 3.59. The Hall–Kier alpha value is -0.340. The minimum atomic E-state index is 0. The van der Waals surface area contributed by atoms with Crippen molar-refractivity contribution >= 4 is 41.3 Å². The molecule has 1 aliphatic heterocycles. The molecule has 2 saturated carbocycles. The maximum Gasteiger partial charge on any atom is 0.191 e. The molecule has 0 radical (unpaired) electrons. The van der Waals surface area contributed by atoms with Gasteiger partial charge >= 0.3 is 0 Å². The van der Waals surface area contributed by atoms with E-state index in [-0.39, 0.29) is 24.0 Å². The fourth-order valence-electron chi connectivity index (χ4n) is 4.72. The summed E-state index contributed by atoms with van der Waals surface area (Å²) < 4.78 is 6.00. The van der Waals surface area contributed by atoms with Crippen LogP contribution >= 0.6 is 35.3 Å². The van der Waals surface area contributed by atoms with Gasteiger partial charge in [0.05, 0.1) is 6.10 Å². The number of hydrogen-bond acceptors (Lipinski definition) is 3. The number of aliphatic imine (C=N–C) groups is 1. The second-order valence-corrected chi connectivity index (χ2v) is 8.14. The van der Waals surface area contributed by atoms with Gasteiger partial charge in [-0.3, -0.25) is 4.99 Å². The van der Waals surface area contributed by atoms with Crippen LogP contribution in [0.25, 0.3) is 0 Å². The van der Waals surface area contributed by atoms with E-state index in [2.05, 4.69) is 39.4 Å². The fourth-order valence-corrected chi connectivity index (χ4v) is 5.50. The normalized spacial score (nSPS) is 31.4. The molecular weight excluding hydrogens is 433 g/mol. The van der Waals surface area contributed by atoms with E-state index in [1.54, 1.807) is 11.3 Å². The maximum atomic E-state index is 6.00. The lowest BCUT2D eigenvalue weighted by Gasteiger charge is -2.63. The van der Waals surface area contributed by atoms with Crippen LogP contribution in [0.15, 0.2) is 21.8 Å². The van der Waals surface area contributed by atoms with Crippen LogP contribution in [0.1, 0.15) is 44.1 Å². The highest BCUT2D eigenvalue weighted by atomic mass is 127. The second kappa shape index (κ2) is 7.50. The van der Waals surface area contributed by atoms with Crippen molar-refractivity contribution in [3.63, 3.8) is 0 Å². The zero-order valence-electron chi connectivity index (χ0n) is 14.5. The molecule has 4 rings (SSSR count). The molecule has 1 aromatic rings. The molecule has 24 heavy (non-hydrogen) atoms. The number of rotatable bonds is 4. The minimum Gasteiger partial charge on any atom is -0.377 e. The van der Waals surface area contributed by atoms with Crippen molar-refractivity contribution in [1.82, 2.24) is 10.6 Å². The van der Waals surface area contributed by atoms with Crippen LogP contribution in [0.4, 0.5) is 0 Å². The van der Waals surface area contributed by atoms with Crippen LogP contribution in [0.3, 0.4) is 0 Å². The zero-order chi connectivity index (χ0) is 15.9.